The Morgan fingerprint density at radius 1 is 1.30 bits per heavy atom. The summed E-state index contributed by atoms with van der Waals surface area (Å²) in [5.41, 5.74) is 0. The molecule has 4 nitrogen and oxygen atoms in total. The smallest absolute Gasteiger partial charge is 0.221 e. The van der Waals surface area contributed by atoms with E-state index in [2.05, 4.69) is 22.5 Å². The molecule has 2 rings (SSSR count). The van der Waals surface area contributed by atoms with Crippen LogP contribution in [0.3, 0.4) is 0 Å². The van der Waals surface area contributed by atoms with E-state index in [-0.39, 0.29) is 30.7 Å². The van der Waals surface area contributed by atoms with E-state index in [9.17, 15) is 4.79 Å². The maximum Gasteiger partial charge on any atom is 0.221 e. The van der Waals surface area contributed by atoms with Crippen molar-refractivity contribution in [3.05, 3.63) is 0 Å². The van der Waals surface area contributed by atoms with Crippen molar-refractivity contribution in [3.8, 4) is 0 Å². The number of carbonyl (C=O) groups is 1. The van der Waals surface area contributed by atoms with Crippen molar-refractivity contribution in [2.45, 2.75) is 57.5 Å². The van der Waals surface area contributed by atoms with Gasteiger partial charge in [-0.05, 0) is 45.7 Å². The SMILES string of the molecule is CC1CCCCN1CCCCNC(=O)CC1CSCCN1.Cl.Cl. The summed E-state index contributed by atoms with van der Waals surface area (Å²) in [6.45, 7) is 6.67. The highest BCUT2D eigenvalue weighted by atomic mass is 35.5. The van der Waals surface area contributed by atoms with Gasteiger partial charge in [-0.15, -0.1) is 24.8 Å². The molecule has 2 atom stereocenters. The first-order valence-electron chi connectivity index (χ1n) is 8.57. The van der Waals surface area contributed by atoms with Crippen molar-refractivity contribution in [1.29, 1.82) is 0 Å². The maximum atomic E-state index is 11.9. The summed E-state index contributed by atoms with van der Waals surface area (Å²) < 4.78 is 0. The predicted molar refractivity (Wildman–Crippen MR) is 105 cm³/mol. The van der Waals surface area contributed by atoms with E-state index in [0.717, 1.165) is 31.3 Å². The Morgan fingerprint density at radius 2 is 2.13 bits per heavy atom. The average molecular weight is 386 g/mol. The highest BCUT2D eigenvalue weighted by Gasteiger charge is 2.18. The molecular formula is C16H33Cl2N3OS. The fourth-order valence-corrected chi connectivity index (χ4v) is 4.15. The largest absolute Gasteiger partial charge is 0.356 e. The Hall–Kier alpha value is 0.320. The van der Waals surface area contributed by atoms with Crippen LogP contribution in [0.4, 0.5) is 0 Å². The second-order valence-corrected chi connectivity index (χ2v) is 7.52. The number of unbranched alkanes of at least 4 members (excludes halogenated alkanes) is 1. The van der Waals surface area contributed by atoms with Gasteiger partial charge in [-0.1, -0.05) is 6.42 Å². The lowest BCUT2D eigenvalue weighted by molar-refractivity contribution is -0.121. The maximum absolute atomic E-state index is 11.9. The lowest BCUT2D eigenvalue weighted by atomic mass is 10.0. The topological polar surface area (TPSA) is 44.4 Å². The molecular weight excluding hydrogens is 353 g/mol. The third-order valence-electron chi connectivity index (χ3n) is 4.57. The molecule has 0 bridgehead atoms. The summed E-state index contributed by atoms with van der Waals surface area (Å²) in [6.07, 6.45) is 7.03. The molecule has 0 aromatic carbocycles. The molecule has 0 saturated carbocycles. The number of amides is 1. The normalized spacial score (nSPS) is 25.1. The quantitative estimate of drug-likeness (QED) is 0.661. The van der Waals surface area contributed by atoms with Gasteiger partial charge in [-0.3, -0.25) is 4.79 Å². The van der Waals surface area contributed by atoms with Gasteiger partial charge in [0.1, 0.15) is 0 Å². The van der Waals surface area contributed by atoms with Gasteiger partial charge in [0.05, 0.1) is 0 Å². The minimum absolute atomic E-state index is 0. The van der Waals surface area contributed by atoms with E-state index in [1.807, 2.05) is 11.8 Å². The number of piperidine rings is 1. The zero-order valence-corrected chi connectivity index (χ0v) is 16.7. The van der Waals surface area contributed by atoms with Crippen LogP contribution in [0.15, 0.2) is 0 Å². The van der Waals surface area contributed by atoms with Gasteiger partial charge < -0.3 is 15.5 Å². The standard InChI is InChI=1S/C16H31N3OS.2ClH/c1-14-6-2-4-9-19(14)10-5-3-7-18-16(20)12-15-13-21-11-8-17-15;;/h14-15,17H,2-13H2,1H3,(H,18,20);2*1H. The lowest BCUT2D eigenvalue weighted by Gasteiger charge is -2.33. The summed E-state index contributed by atoms with van der Waals surface area (Å²) in [5.74, 6) is 2.45. The van der Waals surface area contributed by atoms with Crippen LogP contribution in [0.2, 0.25) is 0 Å². The second-order valence-electron chi connectivity index (χ2n) is 6.37. The zero-order valence-electron chi connectivity index (χ0n) is 14.2. The van der Waals surface area contributed by atoms with E-state index in [4.69, 9.17) is 0 Å². The van der Waals surface area contributed by atoms with Crippen LogP contribution in [0.1, 0.15) is 45.4 Å². The van der Waals surface area contributed by atoms with Crippen molar-refractivity contribution < 1.29 is 4.79 Å². The van der Waals surface area contributed by atoms with Crippen LogP contribution in [-0.2, 0) is 4.79 Å². The van der Waals surface area contributed by atoms with E-state index in [1.165, 1.54) is 44.5 Å². The number of hydrogen-bond acceptors (Lipinski definition) is 4. The van der Waals surface area contributed by atoms with Gasteiger partial charge in [0.25, 0.3) is 0 Å². The molecule has 0 aliphatic carbocycles. The second kappa shape index (κ2) is 13.6. The minimum atomic E-state index is 0. The molecule has 2 aliphatic heterocycles. The van der Waals surface area contributed by atoms with Gasteiger partial charge in [0.2, 0.25) is 5.91 Å². The Morgan fingerprint density at radius 3 is 2.83 bits per heavy atom. The van der Waals surface area contributed by atoms with Gasteiger partial charge in [0.15, 0.2) is 0 Å². The highest BCUT2D eigenvalue weighted by molar-refractivity contribution is 7.99. The predicted octanol–water partition coefficient (Wildman–Crippen LogP) is 2.70. The molecule has 0 spiro atoms. The summed E-state index contributed by atoms with van der Waals surface area (Å²) in [4.78, 5) is 14.5. The van der Waals surface area contributed by atoms with Crippen LogP contribution < -0.4 is 10.6 Å². The average Bonchev–Trinajstić information content (AvgIpc) is 2.50. The van der Waals surface area contributed by atoms with E-state index < -0.39 is 0 Å². The molecule has 23 heavy (non-hydrogen) atoms. The number of likely N-dealkylation sites (tertiary alicyclic amines) is 1. The summed E-state index contributed by atoms with van der Waals surface area (Å²) >= 11 is 1.94. The fraction of sp³-hybridized carbons (Fsp3) is 0.938. The highest BCUT2D eigenvalue weighted by Crippen LogP contribution is 2.16. The number of nitrogens with zero attached hydrogens (tertiary/aromatic N) is 1. The minimum Gasteiger partial charge on any atom is -0.356 e. The van der Waals surface area contributed by atoms with Crippen molar-refractivity contribution in [2.75, 3.05) is 37.7 Å². The summed E-state index contributed by atoms with van der Waals surface area (Å²) in [5, 5.41) is 6.48. The zero-order chi connectivity index (χ0) is 14.9. The van der Waals surface area contributed by atoms with Crippen LogP contribution in [-0.4, -0.2) is 60.6 Å². The van der Waals surface area contributed by atoms with Crippen molar-refractivity contribution >= 4 is 42.5 Å². The van der Waals surface area contributed by atoms with Crippen LogP contribution in [0.5, 0.6) is 0 Å². The molecule has 2 N–H and O–H groups in total. The van der Waals surface area contributed by atoms with Gasteiger partial charge in [-0.2, -0.15) is 11.8 Å². The third-order valence-corrected chi connectivity index (χ3v) is 5.70. The van der Waals surface area contributed by atoms with E-state index in [0.29, 0.717) is 12.5 Å². The molecule has 0 aromatic heterocycles. The van der Waals surface area contributed by atoms with Crippen molar-refractivity contribution in [2.24, 2.45) is 0 Å². The number of hydrogen-bond donors (Lipinski definition) is 2. The van der Waals surface area contributed by atoms with Gasteiger partial charge >= 0.3 is 0 Å². The summed E-state index contributed by atoms with van der Waals surface area (Å²) in [7, 11) is 0. The molecule has 2 aliphatic rings. The van der Waals surface area contributed by atoms with Crippen LogP contribution >= 0.6 is 36.6 Å². The Kier molecular flexibility index (Phi) is 13.8. The molecule has 2 saturated heterocycles. The van der Waals surface area contributed by atoms with Crippen LogP contribution in [0, 0.1) is 0 Å². The number of halogens is 2. The molecule has 1 amide bonds. The van der Waals surface area contributed by atoms with E-state index in [1.54, 1.807) is 0 Å². The Balaban J connectivity index is 0.00000242. The first-order valence-corrected chi connectivity index (χ1v) is 9.73. The third kappa shape index (κ3) is 9.40. The first-order chi connectivity index (χ1) is 10.3. The Bertz CT molecular complexity index is 318. The molecule has 7 heteroatoms. The first kappa shape index (κ1) is 23.3. The molecule has 0 radical (unpaired) electrons. The van der Waals surface area contributed by atoms with Crippen LogP contribution in [0.25, 0.3) is 0 Å². The lowest BCUT2D eigenvalue weighted by Crippen LogP contribution is -2.41. The number of rotatable bonds is 7. The van der Waals surface area contributed by atoms with Crippen molar-refractivity contribution in [3.63, 3.8) is 0 Å². The van der Waals surface area contributed by atoms with Gasteiger partial charge in [-0.25, -0.2) is 0 Å². The molecule has 2 unspecified atom stereocenters. The molecule has 0 aromatic rings. The summed E-state index contributed by atoms with van der Waals surface area (Å²) in [6, 6.07) is 1.13. The fourth-order valence-electron chi connectivity index (χ4n) is 3.20. The monoisotopic (exact) mass is 385 g/mol. The van der Waals surface area contributed by atoms with Crippen molar-refractivity contribution in [1.82, 2.24) is 15.5 Å². The molecule has 2 heterocycles. The number of nitrogens with one attached hydrogen (secondary N) is 2. The molecule has 138 valence electrons. The van der Waals surface area contributed by atoms with Gasteiger partial charge in [0, 0.05) is 43.1 Å². The van der Waals surface area contributed by atoms with E-state index >= 15 is 0 Å². The number of carbonyl (C=O) groups excluding carboxylic acids is 1. The molecule has 2 fully saturated rings. The number of thioether (sulfide) groups is 1. The Labute approximate surface area is 158 Å².